The summed E-state index contributed by atoms with van der Waals surface area (Å²) in [6, 6.07) is 10.4. The highest BCUT2D eigenvalue weighted by atomic mass is 32.1. The molecule has 3 nitrogen and oxygen atoms in total. The van der Waals surface area contributed by atoms with Gasteiger partial charge in [0.05, 0.1) is 10.5 Å². The molecule has 0 bridgehead atoms. The maximum absolute atomic E-state index is 5.54. The van der Waals surface area contributed by atoms with Gasteiger partial charge in [-0.2, -0.15) is 0 Å². The van der Waals surface area contributed by atoms with Gasteiger partial charge in [0, 0.05) is 30.6 Å². The number of fused-ring (bicyclic) bond motifs is 1. The third kappa shape index (κ3) is 3.72. The lowest BCUT2D eigenvalue weighted by molar-refractivity contribution is 0.338. The molecule has 0 aliphatic carbocycles. The zero-order chi connectivity index (χ0) is 13.8. The van der Waals surface area contributed by atoms with Crippen LogP contribution in [0.4, 0.5) is 0 Å². The van der Waals surface area contributed by atoms with Crippen LogP contribution in [0.1, 0.15) is 17.7 Å². The van der Waals surface area contributed by atoms with Crippen molar-refractivity contribution >= 4 is 28.1 Å². The van der Waals surface area contributed by atoms with E-state index in [-0.39, 0.29) is 0 Å². The van der Waals surface area contributed by atoms with E-state index in [1.165, 1.54) is 10.9 Å². The maximum atomic E-state index is 5.54. The van der Waals surface area contributed by atoms with E-state index in [4.69, 9.17) is 18.0 Å². The molecule has 100 valence electrons. The van der Waals surface area contributed by atoms with E-state index in [0.29, 0.717) is 4.99 Å². The number of pyridine rings is 1. The summed E-state index contributed by atoms with van der Waals surface area (Å²) in [7, 11) is 2.09. The van der Waals surface area contributed by atoms with Gasteiger partial charge in [-0.1, -0.05) is 30.4 Å². The molecule has 2 N–H and O–H groups in total. The summed E-state index contributed by atoms with van der Waals surface area (Å²) in [6.07, 6.45) is 0.758. The molecular formula is C15H19N3S. The Labute approximate surface area is 119 Å². The number of nitrogens with zero attached hydrogens (tertiary/aromatic N) is 2. The number of aryl methyl sites for hydroxylation is 1. The Hall–Kier alpha value is -1.52. The van der Waals surface area contributed by atoms with Crippen LogP contribution in [0.25, 0.3) is 10.9 Å². The first kappa shape index (κ1) is 13.9. The topological polar surface area (TPSA) is 42.1 Å². The Morgan fingerprint density at radius 3 is 2.84 bits per heavy atom. The summed E-state index contributed by atoms with van der Waals surface area (Å²) in [5.41, 5.74) is 8.95. The Bertz CT molecular complexity index is 595. The van der Waals surface area contributed by atoms with Crippen LogP contribution >= 0.6 is 12.2 Å². The lowest BCUT2D eigenvalue weighted by atomic mass is 10.1. The Morgan fingerprint density at radius 2 is 2.11 bits per heavy atom. The summed E-state index contributed by atoms with van der Waals surface area (Å²) < 4.78 is 0. The van der Waals surface area contributed by atoms with Crippen molar-refractivity contribution in [2.45, 2.75) is 19.9 Å². The van der Waals surface area contributed by atoms with Crippen LogP contribution in [-0.2, 0) is 6.54 Å². The van der Waals surface area contributed by atoms with Crippen LogP contribution in [0.5, 0.6) is 0 Å². The van der Waals surface area contributed by atoms with Crippen molar-refractivity contribution in [3.63, 3.8) is 0 Å². The van der Waals surface area contributed by atoms with Crippen molar-refractivity contribution in [1.29, 1.82) is 0 Å². The van der Waals surface area contributed by atoms with Crippen molar-refractivity contribution < 1.29 is 0 Å². The Kier molecular flexibility index (Phi) is 4.45. The van der Waals surface area contributed by atoms with Gasteiger partial charge in [0.15, 0.2) is 0 Å². The first-order valence-corrected chi connectivity index (χ1v) is 6.79. The molecule has 19 heavy (non-hydrogen) atoms. The first-order chi connectivity index (χ1) is 9.06. The van der Waals surface area contributed by atoms with Crippen LogP contribution in [0.2, 0.25) is 0 Å². The third-order valence-corrected chi connectivity index (χ3v) is 3.31. The second-order valence-electron chi connectivity index (χ2n) is 4.89. The minimum atomic E-state index is 0.572. The maximum Gasteiger partial charge on any atom is 0.0740 e. The number of aromatic nitrogens is 1. The molecule has 0 amide bonds. The molecule has 0 atom stereocenters. The molecule has 0 radical (unpaired) electrons. The van der Waals surface area contributed by atoms with E-state index in [1.54, 1.807) is 0 Å². The lowest BCUT2D eigenvalue weighted by Crippen LogP contribution is -2.23. The molecule has 0 saturated heterocycles. The molecule has 4 heteroatoms. The average Bonchev–Trinajstić information content (AvgIpc) is 2.36. The first-order valence-electron chi connectivity index (χ1n) is 6.38. The standard InChI is InChI=1S/C15H19N3S/c1-11-9-12(10-18(2)8-7-15(16)19)13-5-3-4-6-14(13)17-11/h3-6,9H,7-8,10H2,1-2H3,(H2,16,19). The average molecular weight is 273 g/mol. The molecule has 0 fully saturated rings. The quantitative estimate of drug-likeness (QED) is 0.850. The highest BCUT2D eigenvalue weighted by molar-refractivity contribution is 7.80. The third-order valence-electron chi connectivity index (χ3n) is 3.11. The van der Waals surface area contributed by atoms with Crippen molar-refractivity contribution in [2.75, 3.05) is 13.6 Å². The monoisotopic (exact) mass is 273 g/mol. The number of thiocarbonyl (C=S) groups is 1. The van der Waals surface area contributed by atoms with Gasteiger partial charge in [-0.05, 0) is 31.7 Å². The smallest absolute Gasteiger partial charge is 0.0740 e. The van der Waals surface area contributed by atoms with E-state index in [1.807, 2.05) is 13.0 Å². The number of hydrogen-bond acceptors (Lipinski definition) is 3. The summed E-state index contributed by atoms with van der Waals surface area (Å²) >= 11 is 4.92. The van der Waals surface area contributed by atoms with Gasteiger partial charge < -0.3 is 10.6 Å². The molecule has 1 aromatic heterocycles. The highest BCUT2D eigenvalue weighted by Gasteiger charge is 2.06. The van der Waals surface area contributed by atoms with E-state index in [2.05, 4.69) is 41.2 Å². The summed E-state index contributed by atoms with van der Waals surface area (Å²) in [5, 5.41) is 1.22. The summed E-state index contributed by atoms with van der Waals surface area (Å²) in [4.78, 5) is 7.37. The van der Waals surface area contributed by atoms with E-state index < -0.39 is 0 Å². The predicted molar refractivity (Wildman–Crippen MR) is 84.2 cm³/mol. The van der Waals surface area contributed by atoms with Gasteiger partial charge in [-0.25, -0.2) is 0 Å². The van der Waals surface area contributed by atoms with E-state index >= 15 is 0 Å². The SMILES string of the molecule is Cc1cc(CN(C)CCC(N)=S)c2ccccc2n1. The molecule has 2 rings (SSSR count). The highest BCUT2D eigenvalue weighted by Crippen LogP contribution is 2.19. The lowest BCUT2D eigenvalue weighted by Gasteiger charge is -2.17. The fourth-order valence-corrected chi connectivity index (χ4v) is 2.29. The van der Waals surface area contributed by atoms with Crippen molar-refractivity contribution in [1.82, 2.24) is 9.88 Å². The summed E-state index contributed by atoms with van der Waals surface area (Å²) in [6.45, 7) is 3.79. The second-order valence-corrected chi connectivity index (χ2v) is 5.42. The van der Waals surface area contributed by atoms with Gasteiger partial charge in [0.1, 0.15) is 0 Å². The van der Waals surface area contributed by atoms with Gasteiger partial charge in [0.2, 0.25) is 0 Å². The number of hydrogen-bond donors (Lipinski definition) is 1. The fourth-order valence-electron chi connectivity index (χ4n) is 2.20. The van der Waals surface area contributed by atoms with Crippen LogP contribution in [0, 0.1) is 6.92 Å². The molecule has 2 aromatic rings. The van der Waals surface area contributed by atoms with E-state index in [9.17, 15) is 0 Å². The van der Waals surface area contributed by atoms with Crippen molar-refractivity contribution in [3.8, 4) is 0 Å². The Balaban J connectivity index is 2.22. The molecule has 0 unspecified atom stereocenters. The number of rotatable bonds is 5. The minimum Gasteiger partial charge on any atom is -0.393 e. The van der Waals surface area contributed by atoms with Gasteiger partial charge >= 0.3 is 0 Å². The van der Waals surface area contributed by atoms with Gasteiger partial charge in [0.25, 0.3) is 0 Å². The zero-order valence-electron chi connectivity index (χ0n) is 11.4. The largest absolute Gasteiger partial charge is 0.393 e. The second kappa shape index (κ2) is 6.08. The number of para-hydroxylation sites is 1. The number of benzene rings is 1. The van der Waals surface area contributed by atoms with Crippen molar-refractivity contribution in [2.24, 2.45) is 5.73 Å². The normalized spacial score (nSPS) is 11.1. The zero-order valence-corrected chi connectivity index (χ0v) is 12.2. The van der Waals surface area contributed by atoms with Crippen LogP contribution in [0.15, 0.2) is 30.3 Å². The van der Waals surface area contributed by atoms with E-state index in [0.717, 1.165) is 30.7 Å². The molecule has 0 saturated carbocycles. The van der Waals surface area contributed by atoms with Crippen LogP contribution < -0.4 is 5.73 Å². The fraction of sp³-hybridized carbons (Fsp3) is 0.333. The van der Waals surface area contributed by atoms with Crippen LogP contribution in [-0.4, -0.2) is 28.5 Å². The Morgan fingerprint density at radius 1 is 1.37 bits per heavy atom. The summed E-state index contributed by atoms with van der Waals surface area (Å²) in [5.74, 6) is 0. The predicted octanol–water partition coefficient (Wildman–Crippen LogP) is 2.65. The van der Waals surface area contributed by atoms with Crippen LogP contribution in [0.3, 0.4) is 0 Å². The van der Waals surface area contributed by atoms with Gasteiger partial charge in [-0.3, -0.25) is 4.98 Å². The molecule has 1 heterocycles. The molecule has 1 aromatic carbocycles. The molecular weight excluding hydrogens is 254 g/mol. The number of nitrogens with two attached hydrogens (primary N) is 1. The molecule has 0 spiro atoms. The minimum absolute atomic E-state index is 0.572. The van der Waals surface area contributed by atoms with Gasteiger partial charge in [-0.15, -0.1) is 0 Å². The molecule has 0 aliphatic heterocycles. The molecule has 0 aliphatic rings. The van der Waals surface area contributed by atoms with Crippen molar-refractivity contribution in [3.05, 3.63) is 41.6 Å².